The van der Waals surface area contributed by atoms with Gasteiger partial charge in [0.05, 0.1) is 0 Å². The Morgan fingerprint density at radius 3 is 2.47 bits per heavy atom. The fourth-order valence-electron chi connectivity index (χ4n) is 1.37. The van der Waals surface area contributed by atoms with Crippen molar-refractivity contribution in [3.63, 3.8) is 0 Å². The average Bonchev–Trinajstić information content (AvgIpc) is 2.83. The predicted molar refractivity (Wildman–Crippen MR) is 61.1 cm³/mol. The van der Waals surface area contributed by atoms with E-state index < -0.39 is 6.36 Å². The van der Waals surface area contributed by atoms with E-state index in [2.05, 4.69) is 14.3 Å². The molecule has 0 fully saturated rings. The van der Waals surface area contributed by atoms with Crippen LogP contribution in [-0.4, -0.2) is 21.7 Å². The smallest absolute Gasteiger partial charge is 0.406 e. The summed E-state index contributed by atoms with van der Waals surface area (Å²) in [5.74, 6) is -0.558. The lowest BCUT2D eigenvalue weighted by molar-refractivity contribution is -0.274. The molecule has 0 saturated heterocycles. The van der Waals surface area contributed by atoms with Gasteiger partial charge in [-0.25, -0.2) is 0 Å². The van der Waals surface area contributed by atoms with Gasteiger partial charge in [0.25, 0.3) is 0 Å². The summed E-state index contributed by atoms with van der Waals surface area (Å²) < 4.78 is 43.1. The Morgan fingerprint density at radius 1 is 1.26 bits per heavy atom. The van der Waals surface area contributed by atoms with E-state index in [0.717, 1.165) is 23.7 Å². The molecular formula is C11H7F3N2O2S. The number of ketones is 1. The van der Waals surface area contributed by atoms with Gasteiger partial charge in [-0.15, -0.1) is 18.3 Å². The number of rotatable bonds is 4. The minimum absolute atomic E-state index is 0.0533. The van der Waals surface area contributed by atoms with Crippen LogP contribution in [0.3, 0.4) is 0 Å². The highest BCUT2D eigenvalue weighted by atomic mass is 32.1. The third kappa shape index (κ3) is 4.02. The largest absolute Gasteiger partial charge is 0.573 e. The summed E-state index contributed by atoms with van der Waals surface area (Å²) in [5.41, 5.74) is 0.827. The monoisotopic (exact) mass is 288 g/mol. The van der Waals surface area contributed by atoms with E-state index in [9.17, 15) is 18.0 Å². The second-order valence-electron chi connectivity index (χ2n) is 3.58. The number of Topliss-reactive ketones (excluding diaryl/α,β-unsaturated/α-hetero) is 1. The highest BCUT2D eigenvalue weighted by molar-refractivity contribution is 7.03. The third-order valence-electron chi connectivity index (χ3n) is 2.17. The second-order valence-corrected chi connectivity index (χ2v) is 4.19. The molecule has 1 aromatic carbocycles. The first-order valence-corrected chi connectivity index (χ1v) is 5.92. The maximum absolute atomic E-state index is 11.9. The summed E-state index contributed by atoms with van der Waals surface area (Å²) >= 11 is 1.06. The normalized spacial score (nSPS) is 11.3. The van der Waals surface area contributed by atoms with Crippen LogP contribution in [0.2, 0.25) is 0 Å². The lowest BCUT2D eigenvalue weighted by Gasteiger charge is -2.08. The quantitative estimate of drug-likeness (QED) is 0.812. The van der Waals surface area contributed by atoms with Crippen LogP contribution in [0.25, 0.3) is 0 Å². The number of aromatic nitrogens is 2. The Hall–Kier alpha value is -1.96. The van der Waals surface area contributed by atoms with Gasteiger partial charge in [0.1, 0.15) is 11.4 Å². The van der Waals surface area contributed by atoms with Crippen molar-refractivity contribution in [1.82, 2.24) is 9.59 Å². The molecule has 0 unspecified atom stereocenters. The summed E-state index contributed by atoms with van der Waals surface area (Å²) in [6, 6.07) is 5.13. The van der Waals surface area contributed by atoms with Crippen LogP contribution >= 0.6 is 11.5 Å². The number of nitrogens with zero attached hydrogens (tertiary/aromatic N) is 2. The fourth-order valence-corrected chi connectivity index (χ4v) is 1.83. The van der Waals surface area contributed by atoms with Crippen molar-refractivity contribution in [3.05, 3.63) is 40.9 Å². The van der Waals surface area contributed by atoms with Crippen LogP contribution in [0, 0.1) is 0 Å². The molecule has 19 heavy (non-hydrogen) atoms. The zero-order chi connectivity index (χ0) is 13.9. The molecule has 0 aliphatic heterocycles. The molecule has 0 bridgehead atoms. The molecule has 0 N–H and O–H groups in total. The Balaban J connectivity index is 2.01. The van der Waals surface area contributed by atoms with Crippen molar-refractivity contribution >= 4 is 17.3 Å². The van der Waals surface area contributed by atoms with Crippen LogP contribution in [0.1, 0.15) is 16.1 Å². The highest BCUT2D eigenvalue weighted by Crippen LogP contribution is 2.23. The average molecular weight is 288 g/mol. The fraction of sp³-hybridized carbons (Fsp3) is 0.182. The molecule has 0 radical (unpaired) electrons. The molecule has 2 rings (SSSR count). The van der Waals surface area contributed by atoms with E-state index >= 15 is 0 Å². The number of carbonyl (C=O) groups excluding carboxylic acids is 1. The van der Waals surface area contributed by atoms with E-state index in [1.165, 1.54) is 17.5 Å². The standard InChI is InChI=1S/C11H7F3N2O2S/c12-11(13,14)18-8-3-1-7(2-4-8)5-10(17)9-6-19-16-15-9/h1-4,6H,5H2. The van der Waals surface area contributed by atoms with Gasteiger partial charge in [0, 0.05) is 11.8 Å². The number of carbonyl (C=O) groups is 1. The van der Waals surface area contributed by atoms with Crippen LogP contribution in [-0.2, 0) is 6.42 Å². The zero-order valence-electron chi connectivity index (χ0n) is 9.35. The van der Waals surface area contributed by atoms with E-state index in [1.54, 1.807) is 0 Å². The van der Waals surface area contributed by atoms with Gasteiger partial charge < -0.3 is 4.74 Å². The number of ether oxygens (including phenoxy) is 1. The van der Waals surface area contributed by atoms with Crippen molar-refractivity contribution in [3.8, 4) is 5.75 Å². The number of alkyl halides is 3. The lowest BCUT2D eigenvalue weighted by Crippen LogP contribution is -2.17. The van der Waals surface area contributed by atoms with Crippen LogP contribution in [0.4, 0.5) is 13.2 Å². The number of hydrogen-bond donors (Lipinski definition) is 0. The molecule has 0 aliphatic rings. The van der Waals surface area contributed by atoms with Crippen molar-refractivity contribution in [1.29, 1.82) is 0 Å². The predicted octanol–water partition coefficient (Wildman–Crippen LogP) is 2.86. The molecule has 1 aromatic heterocycles. The maximum Gasteiger partial charge on any atom is 0.573 e. The van der Waals surface area contributed by atoms with Gasteiger partial charge in [0.2, 0.25) is 0 Å². The summed E-state index contributed by atoms with van der Waals surface area (Å²) in [6.45, 7) is 0. The summed E-state index contributed by atoms with van der Waals surface area (Å²) in [7, 11) is 0. The Kier molecular flexibility index (Phi) is 3.79. The van der Waals surface area contributed by atoms with Crippen molar-refractivity contribution in [2.45, 2.75) is 12.8 Å². The molecule has 0 atom stereocenters. The highest BCUT2D eigenvalue weighted by Gasteiger charge is 2.30. The first kappa shape index (κ1) is 13.5. The van der Waals surface area contributed by atoms with E-state index in [4.69, 9.17) is 0 Å². The first-order chi connectivity index (χ1) is 8.94. The minimum atomic E-state index is -4.72. The molecule has 4 nitrogen and oxygen atoms in total. The van der Waals surface area contributed by atoms with Crippen LogP contribution in [0.15, 0.2) is 29.6 Å². The summed E-state index contributed by atoms with van der Waals surface area (Å²) in [5, 5.41) is 5.14. The summed E-state index contributed by atoms with van der Waals surface area (Å²) in [6.07, 6.45) is -4.67. The molecule has 100 valence electrons. The topological polar surface area (TPSA) is 52.1 Å². The van der Waals surface area contributed by atoms with Crippen molar-refractivity contribution < 1.29 is 22.7 Å². The molecule has 0 amide bonds. The van der Waals surface area contributed by atoms with Gasteiger partial charge in [0.15, 0.2) is 5.78 Å². The van der Waals surface area contributed by atoms with Crippen molar-refractivity contribution in [2.75, 3.05) is 0 Å². The van der Waals surface area contributed by atoms with Crippen molar-refractivity contribution in [2.24, 2.45) is 0 Å². The van der Waals surface area contributed by atoms with Crippen LogP contribution < -0.4 is 4.74 Å². The van der Waals surface area contributed by atoms with E-state index in [-0.39, 0.29) is 23.6 Å². The number of halogens is 3. The SMILES string of the molecule is O=C(Cc1ccc(OC(F)(F)F)cc1)c1csnn1. The Labute approximate surface area is 110 Å². The van der Waals surface area contributed by atoms with E-state index in [0.29, 0.717) is 5.56 Å². The first-order valence-electron chi connectivity index (χ1n) is 5.09. The molecular weight excluding hydrogens is 281 g/mol. The van der Waals surface area contributed by atoms with Gasteiger partial charge in [-0.05, 0) is 29.2 Å². The van der Waals surface area contributed by atoms with Gasteiger partial charge in [-0.3, -0.25) is 4.79 Å². The maximum atomic E-state index is 11.9. The van der Waals surface area contributed by atoms with Crippen LogP contribution in [0.5, 0.6) is 5.75 Å². The van der Waals surface area contributed by atoms with Gasteiger partial charge in [-0.1, -0.05) is 16.6 Å². The van der Waals surface area contributed by atoms with Gasteiger partial charge in [-0.2, -0.15) is 0 Å². The number of benzene rings is 1. The molecule has 0 saturated carbocycles. The third-order valence-corrected chi connectivity index (χ3v) is 2.67. The second kappa shape index (κ2) is 5.35. The molecule has 8 heteroatoms. The van der Waals surface area contributed by atoms with E-state index in [1.807, 2.05) is 0 Å². The summed E-state index contributed by atoms with van der Waals surface area (Å²) in [4.78, 5) is 11.7. The zero-order valence-corrected chi connectivity index (χ0v) is 10.2. The Bertz CT molecular complexity index is 552. The minimum Gasteiger partial charge on any atom is -0.406 e. The molecule has 2 aromatic rings. The lowest BCUT2D eigenvalue weighted by atomic mass is 10.1. The Morgan fingerprint density at radius 2 is 1.95 bits per heavy atom. The molecule has 1 heterocycles. The number of hydrogen-bond acceptors (Lipinski definition) is 5. The molecule has 0 aliphatic carbocycles. The van der Waals surface area contributed by atoms with Gasteiger partial charge >= 0.3 is 6.36 Å². The molecule has 0 spiro atoms.